The molecule has 2 saturated carbocycles. The average molecular weight is 472 g/mol. The highest BCUT2D eigenvalue weighted by Crippen LogP contribution is 2.37. The molecule has 1 aliphatic heterocycles. The molecule has 0 radical (unpaired) electrons. The summed E-state index contributed by atoms with van der Waals surface area (Å²) in [6.07, 6.45) is 8.11. The number of anilines is 1. The van der Waals surface area contributed by atoms with Crippen LogP contribution in [0.5, 0.6) is 0 Å². The zero-order valence-electron chi connectivity index (χ0n) is 19.7. The number of amides is 3. The first-order valence-electron chi connectivity index (χ1n) is 12.7. The predicted octanol–water partition coefficient (Wildman–Crippen LogP) is 5.09. The monoisotopic (exact) mass is 471 g/mol. The summed E-state index contributed by atoms with van der Waals surface area (Å²) in [6.45, 7) is 0. The van der Waals surface area contributed by atoms with Crippen LogP contribution in [0.15, 0.2) is 52.9 Å². The molecule has 35 heavy (non-hydrogen) atoms. The van der Waals surface area contributed by atoms with Crippen molar-refractivity contribution in [1.82, 2.24) is 9.88 Å². The fourth-order valence-corrected chi connectivity index (χ4v) is 5.52. The Morgan fingerprint density at radius 3 is 2.31 bits per heavy atom. The second-order valence-corrected chi connectivity index (χ2v) is 9.99. The average Bonchev–Trinajstić information content (AvgIpc) is 3.62. The Labute approximate surface area is 204 Å². The zero-order chi connectivity index (χ0) is 23.9. The summed E-state index contributed by atoms with van der Waals surface area (Å²) in [5.74, 6) is 0.0333. The molecule has 6 rings (SSSR count). The number of fused-ring (bicyclic) bond motifs is 1. The smallest absolute Gasteiger partial charge is 0.257 e. The van der Waals surface area contributed by atoms with Gasteiger partial charge in [-0.1, -0.05) is 37.8 Å². The van der Waals surface area contributed by atoms with E-state index in [1.165, 1.54) is 4.90 Å². The van der Waals surface area contributed by atoms with E-state index >= 15 is 0 Å². The van der Waals surface area contributed by atoms with Gasteiger partial charge in [-0.15, -0.1) is 0 Å². The molecular formula is C28H29N3O4. The Balaban J connectivity index is 1.25. The van der Waals surface area contributed by atoms with Gasteiger partial charge in [-0.25, -0.2) is 9.88 Å². The molecule has 2 heterocycles. The molecule has 3 fully saturated rings. The minimum absolute atomic E-state index is 0.0193. The third-order valence-corrected chi connectivity index (χ3v) is 7.52. The van der Waals surface area contributed by atoms with E-state index in [1.54, 1.807) is 12.1 Å². The van der Waals surface area contributed by atoms with Crippen LogP contribution >= 0.6 is 0 Å². The lowest BCUT2D eigenvalue weighted by molar-refractivity contribution is -0.142. The lowest BCUT2D eigenvalue weighted by atomic mass is 10.0. The number of nitrogens with zero attached hydrogens (tertiary/aromatic N) is 3. The number of oxazole rings is 1. The number of carbonyl (C=O) groups excluding carboxylic acids is 3. The highest BCUT2D eigenvalue weighted by atomic mass is 16.3. The van der Waals surface area contributed by atoms with Crippen LogP contribution in [-0.2, 0) is 14.4 Å². The maximum absolute atomic E-state index is 13.6. The molecule has 7 nitrogen and oxygen atoms in total. The predicted molar refractivity (Wildman–Crippen MR) is 131 cm³/mol. The number of rotatable bonds is 5. The number of hydrogen-bond acceptors (Lipinski definition) is 5. The minimum atomic E-state index is -0.699. The van der Waals surface area contributed by atoms with Gasteiger partial charge >= 0.3 is 0 Å². The molecule has 1 atom stereocenters. The van der Waals surface area contributed by atoms with Crippen molar-refractivity contribution in [2.45, 2.75) is 69.9 Å². The first-order chi connectivity index (χ1) is 17.1. The maximum atomic E-state index is 13.6. The van der Waals surface area contributed by atoms with E-state index in [1.807, 2.05) is 41.3 Å². The Kier molecular flexibility index (Phi) is 5.63. The van der Waals surface area contributed by atoms with E-state index in [4.69, 9.17) is 4.42 Å². The molecule has 1 unspecified atom stereocenters. The van der Waals surface area contributed by atoms with E-state index in [9.17, 15) is 14.4 Å². The van der Waals surface area contributed by atoms with E-state index in [0.29, 0.717) is 17.2 Å². The minimum Gasteiger partial charge on any atom is -0.436 e. The van der Waals surface area contributed by atoms with Gasteiger partial charge in [0.15, 0.2) is 5.58 Å². The van der Waals surface area contributed by atoms with Crippen LogP contribution in [0.25, 0.3) is 22.6 Å². The third kappa shape index (κ3) is 4.13. The van der Waals surface area contributed by atoms with Crippen molar-refractivity contribution < 1.29 is 18.8 Å². The second kappa shape index (κ2) is 8.95. The summed E-state index contributed by atoms with van der Waals surface area (Å²) in [6, 6.07) is 14.0. The summed E-state index contributed by atoms with van der Waals surface area (Å²) in [4.78, 5) is 47.5. The van der Waals surface area contributed by atoms with Crippen molar-refractivity contribution in [1.29, 1.82) is 0 Å². The number of aromatic nitrogens is 1. The first-order valence-corrected chi connectivity index (χ1v) is 12.7. The van der Waals surface area contributed by atoms with E-state index in [0.717, 1.165) is 62.4 Å². The fourth-order valence-electron chi connectivity index (χ4n) is 5.52. The van der Waals surface area contributed by atoms with Crippen molar-refractivity contribution in [3.63, 3.8) is 0 Å². The topological polar surface area (TPSA) is 83.7 Å². The molecule has 3 amide bonds. The van der Waals surface area contributed by atoms with Gasteiger partial charge in [-0.3, -0.25) is 14.4 Å². The second-order valence-electron chi connectivity index (χ2n) is 9.99. The fraction of sp³-hybridized carbons (Fsp3) is 0.429. The molecule has 2 aliphatic carbocycles. The van der Waals surface area contributed by atoms with Gasteiger partial charge in [0, 0.05) is 17.5 Å². The number of hydrogen-bond donors (Lipinski definition) is 0. The summed E-state index contributed by atoms with van der Waals surface area (Å²) < 4.78 is 5.84. The van der Waals surface area contributed by atoms with Gasteiger partial charge in [-0.2, -0.15) is 0 Å². The maximum Gasteiger partial charge on any atom is 0.257 e. The summed E-state index contributed by atoms with van der Waals surface area (Å²) in [7, 11) is 0. The number of para-hydroxylation sites is 2. The molecule has 3 aromatic rings. The van der Waals surface area contributed by atoms with Crippen molar-refractivity contribution >= 4 is 34.5 Å². The molecule has 3 aliphatic rings. The van der Waals surface area contributed by atoms with Crippen molar-refractivity contribution in [3.8, 4) is 11.5 Å². The first kappa shape index (κ1) is 22.0. The van der Waals surface area contributed by atoms with Gasteiger partial charge in [0.05, 0.1) is 12.1 Å². The molecule has 7 heteroatoms. The van der Waals surface area contributed by atoms with Gasteiger partial charge in [-0.05, 0) is 62.1 Å². The van der Waals surface area contributed by atoms with E-state index in [2.05, 4.69) is 4.98 Å². The zero-order valence-corrected chi connectivity index (χ0v) is 19.7. The van der Waals surface area contributed by atoms with Crippen LogP contribution in [0.2, 0.25) is 0 Å². The number of imide groups is 1. The van der Waals surface area contributed by atoms with Crippen LogP contribution in [0.3, 0.4) is 0 Å². The van der Waals surface area contributed by atoms with Gasteiger partial charge in [0.25, 0.3) is 5.91 Å². The van der Waals surface area contributed by atoms with Crippen LogP contribution < -0.4 is 4.90 Å². The van der Waals surface area contributed by atoms with Crippen LogP contribution in [0, 0.1) is 5.92 Å². The lowest BCUT2D eigenvalue weighted by Gasteiger charge is -2.35. The van der Waals surface area contributed by atoms with Gasteiger partial charge in [0.1, 0.15) is 11.6 Å². The number of benzene rings is 2. The SMILES string of the molecule is O=C1CC(N(C(=O)C2CC2)C2CCCCCC2)C(=O)N1c1ccc(-c2nc3ccccc3o2)cc1. The molecule has 0 spiro atoms. The molecule has 2 aromatic carbocycles. The molecule has 1 saturated heterocycles. The Bertz CT molecular complexity index is 1240. The van der Waals surface area contributed by atoms with Gasteiger partial charge < -0.3 is 9.32 Å². The molecule has 180 valence electrons. The lowest BCUT2D eigenvalue weighted by Crippen LogP contribution is -2.51. The third-order valence-electron chi connectivity index (χ3n) is 7.52. The van der Waals surface area contributed by atoms with E-state index < -0.39 is 6.04 Å². The largest absolute Gasteiger partial charge is 0.436 e. The van der Waals surface area contributed by atoms with Crippen molar-refractivity contribution in [2.24, 2.45) is 5.92 Å². The molecule has 0 bridgehead atoms. The standard InChI is InChI=1S/C28H29N3O4/c32-25-17-23(30(27(33)19-11-12-19)20-7-3-1-2-4-8-20)28(34)31(25)21-15-13-18(14-16-21)26-29-22-9-5-6-10-24(22)35-26/h5-6,9-10,13-16,19-20,23H,1-4,7-8,11-12,17H2. The Morgan fingerprint density at radius 1 is 0.914 bits per heavy atom. The number of carbonyl (C=O) groups is 3. The summed E-state index contributed by atoms with van der Waals surface area (Å²) in [5.41, 5.74) is 2.77. The van der Waals surface area contributed by atoms with Crippen LogP contribution in [0.1, 0.15) is 57.8 Å². The van der Waals surface area contributed by atoms with Crippen LogP contribution in [-0.4, -0.2) is 39.7 Å². The molecule has 0 N–H and O–H groups in total. The Hall–Kier alpha value is -3.48. The quantitative estimate of drug-likeness (QED) is 0.382. The van der Waals surface area contributed by atoms with E-state index in [-0.39, 0.29) is 36.1 Å². The molecule has 1 aromatic heterocycles. The van der Waals surface area contributed by atoms with Gasteiger partial charge in [0.2, 0.25) is 17.7 Å². The van der Waals surface area contributed by atoms with Crippen LogP contribution in [0.4, 0.5) is 5.69 Å². The molecular weight excluding hydrogens is 442 g/mol. The normalized spacial score (nSPS) is 21.5. The summed E-state index contributed by atoms with van der Waals surface area (Å²) in [5, 5.41) is 0. The highest BCUT2D eigenvalue weighted by molar-refractivity contribution is 6.23. The highest BCUT2D eigenvalue weighted by Gasteiger charge is 2.48. The summed E-state index contributed by atoms with van der Waals surface area (Å²) >= 11 is 0. The van der Waals surface area contributed by atoms with Crippen molar-refractivity contribution in [3.05, 3.63) is 48.5 Å². The van der Waals surface area contributed by atoms with Crippen molar-refractivity contribution in [2.75, 3.05) is 4.90 Å². The Morgan fingerprint density at radius 2 is 1.63 bits per heavy atom.